The van der Waals surface area contributed by atoms with Gasteiger partial charge in [-0.1, -0.05) is 25.5 Å². The van der Waals surface area contributed by atoms with Crippen LogP contribution in [0.1, 0.15) is 47.5 Å². The van der Waals surface area contributed by atoms with E-state index in [9.17, 15) is 5.11 Å². The number of hydrogen-bond donors (Lipinski definition) is 1. The molecule has 0 heterocycles. The third-order valence-electron chi connectivity index (χ3n) is 3.99. The Kier molecular flexibility index (Phi) is 2.59. The molecule has 0 radical (unpaired) electrons. The average molecular weight is 182 g/mol. The highest BCUT2D eigenvalue weighted by molar-refractivity contribution is 5.12. The van der Waals surface area contributed by atoms with Crippen LogP contribution < -0.4 is 0 Å². The maximum Gasteiger partial charge on any atom is 0.0650 e. The van der Waals surface area contributed by atoms with Crippen molar-refractivity contribution in [1.29, 1.82) is 0 Å². The summed E-state index contributed by atoms with van der Waals surface area (Å²) in [4.78, 5) is 0. The van der Waals surface area contributed by atoms with Crippen molar-refractivity contribution >= 4 is 0 Å². The molecule has 0 saturated heterocycles. The number of allylic oxidation sites excluding steroid dienone is 2. The second-order valence-corrected chi connectivity index (χ2v) is 5.34. The molecule has 0 saturated carbocycles. The van der Waals surface area contributed by atoms with Gasteiger partial charge in [0.1, 0.15) is 0 Å². The zero-order valence-corrected chi connectivity index (χ0v) is 9.52. The zero-order valence-electron chi connectivity index (χ0n) is 9.52. The molecule has 2 atom stereocenters. The van der Waals surface area contributed by atoms with Crippen LogP contribution in [0.2, 0.25) is 0 Å². The summed E-state index contributed by atoms with van der Waals surface area (Å²) in [6.07, 6.45) is 4.40. The van der Waals surface area contributed by atoms with E-state index in [4.69, 9.17) is 0 Å². The third kappa shape index (κ3) is 1.80. The monoisotopic (exact) mass is 182 g/mol. The summed E-state index contributed by atoms with van der Waals surface area (Å²) >= 11 is 0. The van der Waals surface area contributed by atoms with Crippen molar-refractivity contribution < 1.29 is 5.11 Å². The van der Waals surface area contributed by atoms with Crippen LogP contribution in [0.15, 0.2) is 11.6 Å². The standard InChI is InChI=1S/C12H22O/c1-9-6-7-12(5,10(2)8-9)11(3,4)13/h6,10,13H,7-8H2,1-5H3. The molecule has 0 aromatic rings. The summed E-state index contributed by atoms with van der Waals surface area (Å²) < 4.78 is 0. The molecule has 13 heavy (non-hydrogen) atoms. The van der Waals surface area contributed by atoms with Crippen LogP contribution >= 0.6 is 0 Å². The molecular formula is C12H22O. The van der Waals surface area contributed by atoms with E-state index in [0.29, 0.717) is 5.92 Å². The van der Waals surface area contributed by atoms with E-state index in [2.05, 4.69) is 26.8 Å². The van der Waals surface area contributed by atoms with Gasteiger partial charge in [0.15, 0.2) is 0 Å². The topological polar surface area (TPSA) is 20.2 Å². The first kappa shape index (κ1) is 10.8. The number of aliphatic hydroxyl groups is 1. The summed E-state index contributed by atoms with van der Waals surface area (Å²) in [6, 6.07) is 0. The predicted molar refractivity (Wildman–Crippen MR) is 56.6 cm³/mol. The average Bonchev–Trinajstić information content (AvgIpc) is 1.95. The predicted octanol–water partition coefficient (Wildman–Crippen LogP) is 3.14. The van der Waals surface area contributed by atoms with Crippen molar-refractivity contribution in [2.45, 2.75) is 53.1 Å². The lowest BCUT2D eigenvalue weighted by Crippen LogP contribution is -2.46. The lowest BCUT2D eigenvalue weighted by Gasteiger charge is -2.47. The Morgan fingerprint density at radius 3 is 2.46 bits per heavy atom. The number of hydrogen-bond acceptors (Lipinski definition) is 1. The summed E-state index contributed by atoms with van der Waals surface area (Å²) in [5, 5.41) is 10.1. The van der Waals surface area contributed by atoms with Gasteiger partial charge in [0.05, 0.1) is 5.60 Å². The summed E-state index contributed by atoms with van der Waals surface area (Å²) in [5.41, 5.74) is 0.921. The summed E-state index contributed by atoms with van der Waals surface area (Å²) in [7, 11) is 0. The van der Waals surface area contributed by atoms with Gasteiger partial charge in [0, 0.05) is 5.41 Å². The van der Waals surface area contributed by atoms with Crippen LogP contribution in [-0.2, 0) is 0 Å². The Hall–Kier alpha value is -0.300. The highest BCUT2D eigenvalue weighted by Crippen LogP contribution is 2.47. The zero-order chi connectivity index (χ0) is 10.3. The SMILES string of the molecule is CC1=CCC(C)(C(C)(C)O)C(C)C1. The van der Waals surface area contributed by atoms with Gasteiger partial charge in [-0.25, -0.2) is 0 Å². The lowest BCUT2D eigenvalue weighted by molar-refractivity contribution is -0.0776. The van der Waals surface area contributed by atoms with Crippen LogP contribution in [0.4, 0.5) is 0 Å². The van der Waals surface area contributed by atoms with E-state index in [1.165, 1.54) is 5.57 Å². The van der Waals surface area contributed by atoms with Crippen molar-refractivity contribution in [1.82, 2.24) is 0 Å². The first-order valence-corrected chi connectivity index (χ1v) is 5.15. The fourth-order valence-corrected chi connectivity index (χ4v) is 2.23. The third-order valence-corrected chi connectivity index (χ3v) is 3.99. The molecule has 1 rings (SSSR count). The molecule has 76 valence electrons. The van der Waals surface area contributed by atoms with Crippen molar-refractivity contribution in [3.05, 3.63) is 11.6 Å². The molecule has 0 bridgehead atoms. The second kappa shape index (κ2) is 3.13. The van der Waals surface area contributed by atoms with Gasteiger partial charge in [-0.05, 0) is 39.5 Å². The van der Waals surface area contributed by atoms with Crippen LogP contribution in [0.25, 0.3) is 0 Å². The maximum atomic E-state index is 10.1. The van der Waals surface area contributed by atoms with Crippen LogP contribution in [0, 0.1) is 11.3 Å². The molecule has 2 unspecified atom stereocenters. The van der Waals surface area contributed by atoms with Gasteiger partial charge in [-0.2, -0.15) is 0 Å². The minimum atomic E-state index is -0.580. The molecule has 1 nitrogen and oxygen atoms in total. The van der Waals surface area contributed by atoms with Crippen molar-refractivity contribution in [3.63, 3.8) is 0 Å². The maximum absolute atomic E-state index is 10.1. The molecule has 0 aromatic carbocycles. The highest BCUT2D eigenvalue weighted by Gasteiger charge is 2.44. The first-order chi connectivity index (χ1) is 5.77. The Morgan fingerprint density at radius 1 is 1.54 bits per heavy atom. The number of rotatable bonds is 1. The Labute approximate surface area is 81.9 Å². The van der Waals surface area contributed by atoms with E-state index in [1.54, 1.807) is 0 Å². The minimum Gasteiger partial charge on any atom is -0.390 e. The van der Waals surface area contributed by atoms with Crippen LogP contribution in [0.3, 0.4) is 0 Å². The molecule has 0 aromatic heterocycles. The molecular weight excluding hydrogens is 160 g/mol. The molecule has 1 heteroatoms. The van der Waals surface area contributed by atoms with E-state index in [1.807, 2.05) is 13.8 Å². The first-order valence-electron chi connectivity index (χ1n) is 5.15. The fourth-order valence-electron chi connectivity index (χ4n) is 2.23. The van der Waals surface area contributed by atoms with Crippen molar-refractivity contribution in [3.8, 4) is 0 Å². The molecule has 1 N–H and O–H groups in total. The lowest BCUT2D eigenvalue weighted by atomic mass is 9.61. The second-order valence-electron chi connectivity index (χ2n) is 5.34. The van der Waals surface area contributed by atoms with Gasteiger partial charge in [0.25, 0.3) is 0 Å². The van der Waals surface area contributed by atoms with E-state index < -0.39 is 5.60 Å². The quantitative estimate of drug-likeness (QED) is 0.618. The normalized spacial score (nSPS) is 35.8. The Balaban J connectivity index is 2.93. The van der Waals surface area contributed by atoms with Crippen LogP contribution in [-0.4, -0.2) is 10.7 Å². The van der Waals surface area contributed by atoms with E-state index >= 15 is 0 Å². The summed E-state index contributed by atoms with van der Waals surface area (Å²) in [6.45, 7) is 10.5. The van der Waals surface area contributed by atoms with Crippen LogP contribution in [0.5, 0.6) is 0 Å². The molecule has 0 amide bonds. The fraction of sp³-hybridized carbons (Fsp3) is 0.833. The van der Waals surface area contributed by atoms with Gasteiger partial charge in [-0.3, -0.25) is 0 Å². The summed E-state index contributed by atoms with van der Waals surface area (Å²) in [5.74, 6) is 0.567. The minimum absolute atomic E-state index is 0.0342. The van der Waals surface area contributed by atoms with E-state index in [0.717, 1.165) is 12.8 Å². The molecule has 1 aliphatic carbocycles. The van der Waals surface area contributed by atoms with Crippen molar-refractivity contribution in [2.75, 3.05) is 0 Å². The molecule has 0 spiro atoms. The van der Waals surface area contributed by atoms with Crippen molar-refractivity contribution in [2.24, 2.45) is 11.3 Å². The van der Waals surface area contributed by atoms with E-state index in [-0.39, 0.29) is 5.41 Å². The molecule has 0 fully saturated rings. The highest BCUT2D eigenvalue weighted by atomic mass is 16.3. The Morgan fingerprint density at radius 2 is 2.08 bits per heavy atom. The van der Waals surface area contributed by atoms with Gasteiger partial charge >= 0.3 is 0 Å². The molecule has 1 aliphatic rings. The van der Waals surface area contributed by atoms with Gasteiger partial charge in [-0.15, -0.1) is 0 Å². The largest absolute Gasteiger partial charge is 0.390 e. The Bertz CT molecular complexity index is 222. The van der Waals surface area contributed by atoms with Gasteiger partial charge in [0.2, 0.25) is 0 Å². The molecule has 0 aliphatic heterocycles. The van der Waals surface area contributed by atoms with Gasteiger partial charge < -0.3 is 5.11 Å². The smallest absolute Gasteiger partial charge is 0.0650 e.